The summed E-state index contributed by atoms with van der Waals surface area (Å²) in [4.78, 5) is 0. The highest BCUT2D eigenvalue weighted by Gasteiger charge is 2.21. The third kappa shape index (κ3) is 2.69. The summed E-state index contributed by atoms with van der Waals surface area (Å²) in [5, 5.41) is 11.1. The van der Waals surface area contributed by atoms with Crippen LogP contribution in [0.3, 0.4) is 0 Å². The highest BCUT2D eigenvalue weighted by Crippen LogP contribution is 2.29. The van der Waals surface area contributed by atoms with Crippen LogP contribution in [0.4, 0.5) is 5.69 Å². The maximum atomic E-state index is 4.49. The van der Waals surface area contributed by atoms with E-state index in [1.807, 2.05) is 42.5 Å². The van der Waals surface area contributed by atoms with Gasteiger partial charge in [-0.25, -0.2) is 0 Å². The van der Waals surface area contributed by atoms with Gasteiger partial charge >= 0.3 is 0 Å². The standard InChI is InChI=1S/C18H17N2/c1-18(2)12-14-8-6-7-11-16(14)17(13-18)20-19-15-9-4-3-5-10-15/h3-11H,13H2,1-2H3. The van der Waals surface area contributed by atoms with Gasteiger partial charge in [0.2, 0.25) is 0 Å². The fraction of sp³-hybridized carbons (Fsp3) is 0.222. The predicted octanol–water partition coefficient (Wildman–Crippen LogP) is 3.67. The molecule has 2 aromatic rings. The molecule has 0 aromatic heterocycles. The fourth-order valence-electron chi connectivity index (χ4n) is 2.47. The highest BCUT2D eigenvalue weighted by atomic mass is 15.1. The Morgan fingerprint density at radius 1 is 0.900 bits per heavy atom. The van der Waals surface area contributed by atoms with Gasteiger partial charge in [-0.15, -0.1) is 0 Å². The Labute approximate surface area is 119 Å². The van der Waals surface area contributed by atoms with E-state index in [0.29, 0.717) is 0 Å². The summed E-state index contributed by atoms with van der Waals surface area (Å²) in [7, 11) is 0. The van der Waals surface area contributed by atoms with Crippen molar-refractivity contribution in [2.45, 2.75) is 20.3 Å². The lowest BCUT2D eigenvalue weighted by Gasteiger charge is -2.22. The fourth-order valence-corrected chi connectivity index (χ4v) is 2.47. The first-order valence-corrected chi connectivity index (χ1v) is 6.84. The van der Waals surface area contributed by atoms with Crippen molar-refractivity contribution in [3.63, 3.8) is 0 Å². The van der Waals surface area contributed by atoms with Crippen molar-refractivity contribution >= 4 is 17.5 Å². The van der Waals surface area contributed by atoms with Gasteiger partial charge in [0.05, 0.1) is 11.4 Å². The van der Waals surface area contributed by atoms with Crippen molar-refractivity contribution in [1.29, 1.82) is 0 Å². The minimum atomic E-state index is -0.000601. The van der Waals surface area contributed by atoms with Crippen LogP contribution in [0.25, 0.3) is 11.8 Å². The maximum absolute atomic E-state index is 4.49. The van der Waals surface area contributed by atoms with E-state index in [2.05, 4.69) is 42.3 Å². The first-order valence-electron chi connectivity index (χ1n) is 6.84. The van der Waals surface area contributed by atoms with Crippen LogP contribution >= 0.6 is 0 Å². The summed E-state index contributed by atoms with van der Waals surface area (Å²) >= 11 is 0. The van der Waals surface area contributed by atoms with E-state index in [1.165, 1.54) is 0 Å². The van der Waals surface area contributed by atoms with Crippen molar-refractivity contribution in [3.05, 3.63) is 65.0 Å². The van der Waals surface area contributed by atoms with Gasteiger partial charge in [0, 0.05) is 11.6 Å². The van der Waals surface area contributed by atoms with Crippen LogP contribution in [-0.2, 0) is 0 Å². The average molecular weight is 261 g/mol. The lowest BCUT2D eigenvalue weighted by molar-refractivity contribution is 0.522. The summed E-state index contributed by atoms with van der Waals surface area (Å²) in [6.45, 7) is 4.36. The first-order chi connectivity index (χ1) is 9.64. The summed E-state index contributed by atoms with van der Waals surface area (Å²) in [6.07, 6.45) is 4.40. The van der Waals surface area contributed by atoms with Gasteiger partial charge in [0.15, 0.2) is 0 Å². The molecule has 0 heterocycles. The zero-order valence-electron chi connectivity index (χ0n) is 11.8. The second-order valence-corrected chi connectivity index (χ2v) is 5.71. The van der Waals surface area contributed by atoms with Crippen molar-refractivity contribution in [3.8, 4) is 0 Å². The van der Waals surface area contributed by atoms with Crippen molar-refractivity contribution in [2.75, 3.05) is 0 Å². The minimum Gasteiger partial charge on any atom is -0.154 e. The number of benzene rings is 2. The van der Waals surface area contributed by atoms with Gasteiger partial charge in [-0.1, -0.05) is 56.3 Å². The van der Waals surface area contributed by atoms with Crippen molar-refractivity contribution < 1.29 is 0 Å². The second-order valence-electron chi connectivity index (χ2n) is 5.71. The van der Waals surface area contributed by atoms with Crippen LogP contribution in [-0.4, -0.2) is 0 Å². The molecule has 0 saturated carbocycles. The molecule has 1 aliphatic carbocycles. The highest BCUT2D eigenvalue weighted by molar-refractivity contribution is 5.53. The number of rotatable bonds is 2. The van der Waals surface area contributed by atoms with Crippen molar-refractivity contribution in [2.24, 2.45) is 15.6 Å². The predicted molar refractivity (Wildman–Crippen MR) is 81.9 cm³/mol. The molecule has 0 fully saturated rings. The maximum Gasteiger partial charge on any atom is 0.0856 e. The molecule has 2 heteroatoms. The summed E-state index contributed by atoms with van der Waals surface area (Å²) in [6, 6.07) is 18.1. The molecular weight excluding hydrogens is 244 g/mol. The first kappa shape index (κ1) is 12.8. The van der Waals surface area contributed by atoms with Crippen LogP contribution in [0.5, 0.6) is 0 Å². The van der Waals surface area contributed by atoms with Gasteiger partial charge in [0.1, 0.15) is 0 Å². The van der Waals surface area contributed by atoms with Gasteiger partial charge in [-0.05, 0) is 28.8 Å². The van der Waals surface area contributed by atoms with E-state index in [-0.39, 0.29) is 5.41 Å². The summed E-state index contributed by atoms with van der Waals surface area (Å²) in [5.74, 6) is 0. The molecule has 0 spiro atoms. The number of nitrogens with zero attached hydrogens (tertiary/aromatic N) is 2. The van der Waals surface area contributed by atoms with Crippen LogP contribution in [0, 0.1) is 5.41 Å². The smallest absolute Gasteiger partial charge is 0.0856 e. The molecule has 20 heavy (non-hydrogen) atoms. The Morgan fingerprint density at radius 3 is 2.40 bits per heavy atom. The SMILES string of the molecule is CC1(C)[C]=c2ccccc2=C(N=Nc2ccccc2)C1. The molecule has 1 radical (unpaired) electrons. The summed E-state index contributed by atoms with van der Waals surface area (Å²) < 4.78 is 0. The van der Waals surface area contributed by atoms with E-state index >= 15 is 0 Å². The zero-order valence-corrected chi connectivity index (χ0v) is 11.8. The van der Waals surface area contributed by atoms with Crippen LogP contribution in [0.1, 0.15) is 20.3 Å². The van der Waals surface area contributed by atoms with Gasteiger partial charge in [0.25, 0.3) is 0 Å². The number of azo groups is 1. The Balaban J connectivity index is 2.09. The topological polar surface area (TPSA) is 24.7 Å². The lowest BCUT2D eigenvalue weighted by atomic mass is 9.83. The number of hydrogen-bond donors (Lipinski definition) is 0. The third-order valence-electron chi connectivity index (χ3n) is 3.36. The Morgan fingerprint density at radius 2 is 1.60 bits per heavy atom. The molecule has 0 bridgehead atoms. The van der Waals surface area contributed by atoms with Crippen molar-refractivity contribution in [1.82, 2.24) is 0 Å². The minimum absolute atomic E-state index is 0.000601. The number of fused-ring (bicyclic) bond motifs is 1. The lowest BCUT2D eigenvalue weighted by Crippen LogP contribution is -2.33. The Hall–Kier alpha value is -2.22. The molecule has 0 aliphatic heterocycles. The van der Waals surface area contributed by atoms with E-state index < -0.39 is 0 Å². The van der Waals surface area contributed by atoms with Gasteiger partial charge < -0.3 is 0 Å². The van der Waals surface area contributed by atoms with E-state index in [4.69, 9.17) is 0 Å². The largest absolute Gasteiger partial charge is 0.154 e. The van der Waals surface area contributed by atoms with E-state index in [0.717, 1.165) is 28.2 Å². The van der Waals surface area contributed by atoms with Gasteiger partial charge in [-0.2, -0.15) is 10.2 Å². The average Bonchev–Trinajstić information content (AvgIpc) is 2.45. The zero-order chi connectivity index (χ0) is 14.0. The molecule has 2 aromatic carbocycles. The molecule has 2 nitrogen and oxygen atoms in total. The molecule has 1 aliphatic rings. The molecule has 0 saturated heterocycles. The quantitative estimate of drug-likeness (QED) is 0.737. The number of hydrogen-bond acceptors (Lipinski definition) is 2. The molecule has 99 valence electrons. The summed E-state index contributed by atoms with van der Waals surface area (Å²) in [5.41, 5.74) is 1.92. The molecule has 0 atom stereocenters. The normalized spacial score (nSPS) is 16.8. The van der Waals surface area contributed by atoms with Crippen LogP contribution in [0.15, 0.2) is 64.8 Å². The third-order valence-corrected chi connectivity index (χ3v) is 3.36. The second kappa shape index (κ2) is 5.04. The Bertz CT molecular complexity index is 756. The van der Waals surface area contributed by atoms with Crippen LogP contribution < -0.4 is 10.4 Å². The Kier molecular flexibility index (Phi) is 3.23. The molecule has 0 amide bonds. The molecule has 3 rings (SSSR count). The van der Waals surface area contributed by atoms with E-state index in [9.17, 15) is 0 Å². The van der Waals surface area contributed by atoms with Crippen LogP contribution in [0.2, 0.25) is 0 Å². The monoisotopic (exact) mass is 261 g/mol. The molecule has 0 unspecified atom stereocenters. The molecule has 0 N–H and O–H groups in total. The molecular formula is C18H17N2. The van der Waals surface area contributed by atoms with E-state index in [1.54, 1.807) is 0 Å². The van der Waals surface area contributed by atoms with Gasteiger partial charge in [-0.3, -0.25) is 0 Å².